The Hall–Kier alpha value is -1.99. The number of hydrogen-bond acceptors (Lipinski definition) is 3. The first-order valence-corrected chi connectivity index (χ1v) is 7.39. The van der Waals surface area contributed by atoms with E-state index < -0.39 is 5.91 Å². The number of rotatable bonds is 3. The number of carbonyl (C=O) groups is 1. The maximum Gasteiger partial charge on any atom is 0.267 e. The van der Waals surface area contributed by atoms with E-state index in [2.05, 4.69) is 12.2 Å². The Morgan fingerprint density at radius 1 is 1.57 bits per heavy atom. The van der Waals surface area contributed by atoms with Crippen molar-refractivity contribution in [1.29, 1.82) is 5.26 Å². The van der Waals surface area contributed by atoms with Crippen molar-refractivity contribution in [3.63, 3.8) is 0 Å². The molecule has 0 spiro atoms. The first-order valence-electron chi connectivity index (χ1n) is 7.01. The summed E-state index contributed by atoms with van der Waals surface area (Å²) >= 11 is 5.87. The van der Waals surface area contributed by atoms with Gasteiger partial charge in [0.25, 0.3) is 5.91 Å². The number of carbonyl (C=O) groups excluding carboxylic acids is 1. The number of nitrogens with zero attached hydrogens (tertiary/aromatic N) is 2. The van der Waals surface area contributed by atoms with Crippen LogP contribution in [0.2, 0.25) is 5.02 Å². The van der Waals surface area contributed by atoms with Gasteiger partial charge in [0.15, 0.2) is 0 Å². The highest BCUT2D eigenvalue weighted by Gasteiger charge is 2.16. The van der Waals surface area contributed by atoms with Gasteiger partial charge in [-0.1, -0.05) is 24.6 Å². The molecule has 1 saturated heterocycles. The lowest BCUT2D eigenvalue weighted by atomic mass is 10.0. The van der Waals surface area contributed by atoms with Crippen molar-refractivity contribution in [2.24, 2.45) is 5.92 Å². The SMILES string of the molecule is CC1CCCN(/C=C(/C#N)C(=O)Nc2cccc(Cl)c2)C1. The lowest BCUT2D eigenvalue weighted by molar-refractivity contribution is -0.112. The van der Waals surface area contributed by atoms with E-state index in [1.165, 1.54) is 6.42 Å². The Bertz CT molecular complexity index is 591. The van der Waals surface area contributed by atoms with Crippen molar-refractivity contribution < 1.29 is 4.79 Å². The minimum Gasteiger partial charge on any atom is -0.376 e. The molecule has 0 aromatic heterocycles. The fourth-order valence-electron chi connectivity index (χ4n) is 2.43. The van der Waals surface area contributed by atoms with E-state index in [1.54, 1.807) is 30.5 Å². The predicted molar refractivity (Wildman–Crippen MR) is 83.7 cm³/mol. The summed E-state index contributed by atoms with van der Waals surface area (Å²) < 4.78 is 0. The van der Waals surface area contributed by atoms with E-state index in [-0.39, 0.29) is 5.57 Å². The van der Waals surface area contributed by atoms with Crippen molar-refractivity contribution in [1.82, 2.24) is 4.90 Å². The van der Waals surface area contributed by atoms with E-state index in [0.29, 0.717) is 16.6 Å². The van der Waals surface area contributed by atoms with Crippen LogP contribution in [0.25, 0.3) is 0 Å². The lowest BCUT2D eigenvalue weighted by Gasteiger charge is -2.29. The van der Waals surface area contributed by atoms with Gasteiger partial charge in [0.1, 0.15) is 11.6 Å². The van der Waals surface area contributed by atoms with Gasteiger partial charge in [0.05, 0.1) is 0 Å². The molecular weight excluding hydrogens is 286 g/mol. The quantitative estimate of drug-likeness (QED) is 0.687. The van der Waals surface area contributed by atoms with Crippen molar-refractivity contribution >= 4 is 23.2 Å². The molecule has 1 aromatic carbocycles. The molecule has 1 amide bonds. The molecule has 4 nitrogen and oxygen atoms in total. The molecule has 1 fully saturated rings. The van der Waals surface area contributed by atoms with Gasteiger partial charge in [0.2, 0.25) is 0 Å². The molecule has 1 heterocycles. The minimum atomic E-state index is -0.405. The zero-order valence-corrected chi connectivity index (χ0v) is 12.7. The van der Waals surface area contributed by atoms with Crippen LogP contribution in [0.1, 0.15) is 19.8 Å². The summed E-state index contributed by atoms with van der Waals surface area (Å²) in [7, 11) is 0. The highest BCUT2D eigenvalue weighted by molar-refractivity contribution is 6.31. The van der Waals surface area contributed by atoms with E-state index in [4.69, 9.17) is 11.6 Å². The number of amides is 1. The number of piperidine rings is 1. The van der Waals surface area contributed by atoms with Crippen LogP contribution in [0.3, 0.4) is 0 Å². The second kappa shape index (κ2) is 7.14. The Kier molecular flexibility index (Phi) is 5.24. The third-order valence-electron chi connectivity index (χ3n) is 3.45. The van der Waals surface area contributed by atoms with Crippen LogP contribution in [-0.2, 0) is 4.79 Å². The van der Waals surface area contributed by atoms with Gasteiger partial charge in [-0.05, 0) is 37.0 Å². The van der Waals surface area contributed by atoms with Crippen molar-refractivity contribution in [2.45, 2.75) is 19.8 Å². The molecule has 5 heteroatoms. The van der Waals surface area contributed by atoms with Crippen LogP contribution in [0, 0.1) is 17.2 Å². The predicted octanol–water partition coefficient (Wildman–Crippen LogP) is 3.42. The van der Waals surface area contributed by atoms with E-state index in [1.807, 2.05) is 11.0 Å². The Balaban J connectivity index is 2.06. The average Bonchev–Trinajstić information content (AvgIpc) is 2.44. The molecular formula is C16H18ClN3O. The van der Waals surface area contributed by atoms with E-state index in [9.17, 15) is 10.1 Å². The summed E-state index contributed by atoms with van der Waals surface area (Å²) in [6.45, 7) is 3.95. The normalized spacial score (nSPS) is 19.0. The van der Waals surface area contributed by atoms with Crippen LogP contribution in [0.15, 0.2) is 36.0 Å². The number of nitriles is 1. The molecule has 0 bridgehead atoms. The zero-order chi connectivity index (χ0) is 15.2. The number of benzene rings is 1. The van der Waals surface area contributed by atoms with E-state index in [0.717, 1.165) is 19.5 Å². The first-order chi connectivity index (χ1) is 10.1. The molecule has 21 heavy (non-hydrogen) atoms. The summed E-state index contributed by atoms with van der Waals surface area (Å²) in [6, 6.07) is 8.84. The third-order valence-corrected chi connectivity index (χ3v) is 3.68. The fourth-order valence-corrected chi connectivity index (χ4v) is 2.62. The molecule has 2 rings (SSSR count). The summed E-state index contributed by atoms with van der Waals surface area (Å²) in [5.74, 6) is 0.184. The van der Waals surface area contributed by atoms with E-state index >= 15 is 0 Å². The Morgan fingerprint density at radius 2 is 2.38 bits per heavy atom. The molecule has 0 saturated carbocycles. The standard InChI is InChI=1S/C16H18ClN3O/c1-12-4-3-7-20(10-12)11-13(9-18)16(21)19-15-6-2-5-14(17)8-15/h2,5-6,8,11-12H,3-4,7,10H2,1H3,(H,19,21)/b13-11-. The van der Waals surface area contributed by atoms with Crippen molar-refractivity contribution in [3.8, 4) is 6.07 Å². The maximum absolute atomic E-state index is 12.1. The molecule has 1 N–H and O–H groups in total. The Morgan fingerprint density at radius 3 is 3.05 bits per heavy atom. The number of hydrogen-bond donors (Lipinski definition) is 1. The number of halogens is 1. The number of likely N-dealkylation sites (tertiary alicyclic amines) is 1. The summed E-state index contributed by atoms with van der Waals surface area (Å²) in [6.07, 6.45) is 3.95. The lowest BCUT2D eigenvalue weighted by Crippen LogP contribution is -2.31. The molecule has 1 aliphatic heterocycles. The van der Waals surface area contributed by atoms with Gasteiger partial charge in [-0.15, -0.1) is 0 Å². The zero-order valence-electron chi connectivity index (χ0n) is 12.0. The smallest absolute Gasteiger partial charge is 0.267 e. The molecule has 0 aliphatic carbocycles. The van der Waals surface area contributed by atoms with Crippen LogP contribution in [0.5, 0.6) is 0 Å². The van der Waals surface area contributed by atoms with Gasteiger partial charge in [0, 0.05) is 30.0 Å². The second-order valence-electron chi connectivity index (χ2n) is 5.36. The summed E-state index contributed by atoms with van der Waals surface area (Å²) in [4.78, 5) is 14.2. The van der Waals surface area contributed by atoms with Gasteiger partial charge >= 0.3 is 0 Å². The first kappa shape index (κ1) is 15.4. The molecule has 1 unspecified atom stereocenters. The second-order valence-corrected chi connectivity index (χ2v) is 5.80. The van der Waals surface area contributed by atoms with Crippen LogP contribution >= 0.6 is 11.6 Å². The molecule has 1 aromatic rings. The molecule has 0 radical (unpaired) electrons. The van der Waals surface area contributed by atoms with Gasteiger partial charge in [-0.3, -0.25) is 4.79 Å². The monoisotopic (exact) mass is 303 g/mol. The topological polar surface area (TPSA) is 56.1 Å². The van der Waals surface area contributed by atoms with Crippen molar-refractivity contribution in [2.75, 3.05) is 18.4 Å². The van der Waals surface area contributed by atoms with Gasteiger partial charge in [-0.2, -0.15) is 5.26 Å². The Labute approximate surface area is 130 Å². The van der Waals surface area contributed by atoms with Crippen LogP contribution in [-0.4, -0.2) is 23.9 Å². The summed E-state index contributed by atoms with van der Waals surface area (Å²) in [5.41, 5.74) is 0.699. The number of nitrogens with one attached hydrogen (secondary N) is 1. The molecule has 1 atom stereocenters. The van der Waals surface area contributed by atoms with Crippen LogP contribution in [0.4, 0.5) is 5.69 Å². The van der Waals surface area contributed by atoms with Crippen LogP contribution < -0.4 is 5.32 Å². The summed E-state index contributed by atoms with van der Waals surface area (Å²) in [5, 5.41) is 12.4. The highest BCUT2D eigenvalue weighted by atomic mass is 35.5. The molecule has 1 aliphatic rings. The van der Waals surface area contributed by atoms with Gasteiger partial charge in [-0.25, -0.2) is 0 Å². The number of anilines is 1. The highest BCUT2D eigenvalue weighted by Crippen LogP contribution is 2.18. The van der Waals surface area contributed by atoms with Crippen molar-refractivity contribution in [3.05, 3.63) is 41.1 Å². The molecule has 110 valence electrons. The minimum absolute atomic E-state index is 0.115. The fraction of sp³-hybridized carbons (Fsp3) is 0.375. The third kappa shape index (κ3) is 4.51. The largest absolute Gasteiger partial charge is 0.376 e. The average molecular weight is 304 g/mol. The maximum atomic E-state index is 12.1. The van der Waals surface area contributed by atoms with Gasteiger partial charge < -0.3 is 10.2 Å².